The van der Waals surface area contributed by atoms with Gasteiger partial charge in [0.2, 0.25) is 5.91 Å². The fourth-order valence-corrected chi connectivity index (χ4v) is 3.41. The van der Waals surface area contributed by atoms with E-state index < -0.39 is 0 Å². The molecule has 2 aromatic carbocycles. The predicted molar refractivity (Wildman–Crippen MR) is 110 cm³/mol. The Morgan fingerprint density at radius 2 is 2.12 bits per heavy atom. The summed E-state index contributed by atoms with van der Waals surface area (Å²) in [4.78, 5) is 14.9. The van der Waals surface area contributed by atoms with Crippen LogP contribution in [0.4, 0.5) is 17.1 Å². The normalized spacial score (nSPS) is 14.0. The number of nitrogens with two attached hydrogens (primary N) is 1. The van der Waals surface area contributed by atoms with E-state index in [4.69, 9.17) is 22.1 Å². The van der Waals surface area contributed by atoms with Crippen molar-refractivity contribution in [3.63, 3.8) is 0 Å². The highest BCUT2D eigenvalue weighted by Gasteiger charge is 2.27. The van der Waals surface area contributed by atoms with Gasteiger partial charge in [-0.05, 0) is 55.7 Å². The largest absolute Gasteiger partial charge is 0.495 e. The number of fused-ring (bicyclic) bond motifs is 1. The number of carbonyl (C=O) groups is 1. The van der Waals surface area contributed by atoms with Crippen molar-refractivity contribution >= 4 is 47.0 Å². The van der Waals surface area contributed by atoms with Crippen molar-refractivity contribution in [2.24, 2.45) is 0 Å². The van der Waals surface area contributed by atoms with Gasteiger partial charge in [-0.25, -0.2) is 0 Å². The average molecular weight is 396 g/mol. The Bertz CT molecular complexity index is 798. The number of ether oxygens (including phenoxy) is 1. The number of carbonyl (C=O) groups excluding carboxylic acids is 1. The van der Waals surface area contributed by atoms with E-state index in [0.29, 0.717) is 16.5 Å². The Kier molecular flexibility index (Phi) is 6.62. The minimum absolute atomic E-state index is 0. The molecule has 2 aromatic rings. The molecule has 3 rings (SSSR count). The Morgan fingerprint density at radius 3 is 2.85 bits per heavy atom. The molecule has 0 spiro atoms. The summed E-state index contributed by atoms with van der Waals surface area (Å²) in [5, 5.41) is 3.46. The van der Waals surface area contributed by atoms with E-state index in [0.717, 1.165) is 36.3 Å². The monoisotopic (exact) mass is 395 g/mol. The molecule has 0 bridgehead atoms. The second-order valence-corrected chi connectivity index (χ2v) is 6.59. The molecule has 1 aliphatic rings. The van der Waals surface area contributed by atoms with E-state index in [1.165, 1.54) is 0 Å². The molecule has 1 unspecified atom stereocenters. The number of rotatable bonds is 4. The summed E-state index contributed by atoms with van der Waals surface area (Å²) in [7, 11) is 1.56. The quantitative estimate of drug-likeness (QED) is 0.763. The highest BCUT2D eigenvalue weighted by Crippen LogP contribution is 2.33. The maximum atomic E-state index is 12.8. The fourth-order valence-electron chi connectivity index (χ4n) is 3.24. The van der Waals surface area contributed by atoms with E-state index in [1.54, 1.807) is 25.3 Å². The van der Waals surface area contributed by atoms with Crippen molar-refractivity contribution < 1.29 is 9.53 Å². The molecule has 1 atom stereocenters. The number of anilines is 3. The smallest absolute Gasteiger partial charge is 0.246 e. The molecule has 5 nitrogen and oxygen atoms in total. The van der Waals surface area contributed by atoms with Gasteiger partial charge in [-0.3, -0.25) is 4.79 Å². The van der Waals surface area contributed by atoms with Crippen LogP contribution in [0.25, 0.3) is 0 Å². The number of benzene rings is 2. The minimum Gasteiger partial charge on any atom is -0.495 e. The number of amides is 1. The van der Waals surface area contributed by atoms with Crippen LogP contribution in [-0.4, -0.2) is 25.6 Å². The zero-order valence-corrected chi connectivity index (χ0v) is 16.4. The molecule has 1 aliphatic heterocycles. The number of halogens is 2. The van der Waals surface area contributed by atoms with Crippen LogP contribution in [0.15, 0.2) is 36.4 Å². The molecule has 7 heteroatoms. The molecule has 0 aromatic heterocycles. The lowest BCUT2D eigenvalue weighted by Gasteiger charge is -2.36. The van der Waals surface area contributed by atoms with Gasteiger partial charge in [-0.1, -0.05) is 17.7 Å². The maximum absolute atomic E-state index is 12.8. The highest BCUT2D eigenvalue weighted by molar-refractivity contribution is 6.31. The molecule has 0 radical (unpaired) electrons. The van der Waals surface area contributed by atoms with Gasteiger partial charge in [-0.2, -0.15) is 0 Å². The third-order valence-electron chi connectivity index (χ3n) is 4.59. The Balaban J connectivity index is 0.00000243. The summed E-state index contributed by atoms with van der Waals surface area (Å²) in [5.74, 6) is 0.462. The summed E-state index contributed by atoms with van der Waals surface area (Å²) in [6.07, 6.45) is 1.91. The molecule has 1 amide bonds. The molecule has 0 fully saturated rings. The van der Waals surface area contributed by atoms with Gasteiger partial charge in [0.05, 0.1) is 12.8 Å². The molecule has 1 heterocycles. The number of nitrogens with zero attached hydrogens (tertiary/aromatic N) is 1. The van der Waals surface area contributed by atoms with Crippen molar-refractivity contribution in [1.29, 1.82) is 0 Å². The van der Waals surface area contributed by atoms with E-state index in [-0.39, 0.29) is 24.4 Å². The lowest BCUT2D eigenvalue weighted by Crippen LogP contribution is -2.44. The van der Waals surface area contributed by atoms with Gasteiger partial charge in [-0.15, -0.1) is 12.4 Å². The molecule has 0 aliphatic carbocycles. The Morgan fingerprint density at radius 1 is 1.35 bits per heavy atom. The lowest BCUT2D eigenvalue weighted by atomic mass is 9.98. The number of nitrogens with one attached hydrogen (secondary N) is 1. The second-order valence-electron chi connectivity index (χ2n) is 6.15. The van der Waals surface area contributed by atoms with E-state index in [9.17, 15) is 4.79 Å². The molecular formula is C19H23Cl2N3O2. The van der Waals surface area contributed by atoms with Gasteiger partial charge in [0.1, 0.15) is 11.8 Å². The van der Waals surface area contributed by atoms with Crippen LogP contribution in [0.1, 0.15) is 18.9 Å². The van der Waals surface area contributed by atoms with Gasteiger partial charge < -0.3 is 20.7 Å². The first kappa shape index (κ1) is 20.2. The van der Waals surface area contributed by atoms with Crippen molar-refractivity contribution in [3.8, 4) is 5.75 Å². The van der Waals surface area contributed by atoms with Crippen LogP contribution in [0.5, 0.6) is 5.75 Å². The van der Waals surface area contributed by atoms with Crippen LogP contribution in [0.3, 0.4) is 0 Å². The van der Waals surface area contributed by atoms with E-state index in [2.05, 4.69) is 10.2 Å². The highest BCUT2D eigenvalue weighted by atomic mass is 35.5. The lowest BCUT2D eigenvalue weighted by molar-refractivity contribution is -0.117. The van der Waals surface area contributed by atoms with Gasteiger partial charge in [0.15, 0.2) is 0 Å². The first-order valence-corrected chi connectivity index (χ1v) is 8.67. The zero-order chi connectivity index (χ0) is 18.0. The first-order chi connectivity index (χ1) is 12.0. The summed E-state index contributed by atoms with van der Waals surface area (Å²) in [6.45, 7) is 2.71. The molecular weight excluding hydrogens is 373 g/mol. The zero-order valence-electron chi connectivity index (χ0n) is 14.8. The number of nitrogen functional groups attached to an aromatic ring is 1. The van der Waals surface area contributed by atoms with Crippen LogP contribution < -0.4 is 20.7 Å². The maximum Gasteiger partial charge on any atom is 0.246 e. The van der Waals surface area contributed by atoms with Crippen LogP contribution >= 0.6 is 24.0 Å². The summed E-state index contributed by atoms with van der Waals surface area (Å²) >= 11 is 6.04. The predicted octanol–water partition coefficient (Wildman–Crippen LogP) is 4.13. The van der Waals surface area contributed by atoms with Crippen molar-refractivity contribution in [3.05, 3.63) is 47.0 Å². The van der Waals surface area contributed by atoms with Crippen LogP contribution in [0.2, 0.25) is 5.02 Å². The van der Waals surface area contributed by atoms with Crippen LogP contribution in [0, 0.1) is 0 Å². The molecule has 26 heavy (non-hydrogen) atoms. The summed E-state index contributed by atoms with van der Waals surface area (Å²) in [6, 6.07) is 10.7. The molecule has 3 N–H and O–H groups in total. The Hall–Kier alpha value is -2.11. The van der Waals surface area contributed by atoms with Gasteiger partial charge in [0.25, 0.3) is 0 Å². The standard InChI is InChI=1S/C19H22ClN3O2.ClH/c1-12(19(24)22-16-11-13(20)8-9-18(16)25-2)23-10-4-5-14-15(21)6-3-7-17(14)23;/h3,6-9,11-12H,4-5,10,21H2,1-2H3,(H,22,24);1H. The summed E-state index contributed by atoms with van der Waals surface area (Å²) in [5.41, 5.74) is 9.60. The third kappa shape index (κ3) is 4.00. The van der Waals surface area contributed by atoms with E-state index >= 15 is 0 Å². The molecule has 0 saturated carbocycles. The minimum atomic E-state index is -0.343. The van der Waals surface area contributed by atoms with Gasteiger partial charge >= 0.3 is 0 Å². The number of methoxy groups -OCH3 is 1. The first-order valence-electron chi connectivity index (χ1n) is 8.29. The van der Waals surface area contributed by atoms with Crippen molar-refractivity contribution in [1.82, 2.24) is 0 Å². The fraction of sp³-hybridized carbons (Fsp3) is 0.316. The van der Waals surface area contributed by atoms with E-state index in [1.807, 2.05) is 25.1 Å². The third-order valence-corrected chi connectivity index (χ3v) is 4.82. The van der Waals surface area contributed by atoms with Crippen molar-refractivity contribution in [2.45, 2.75) is 25.8 Å². The van der Waals surface area contributed by atoms with Crippen molar-refractivity contribution in [2.75, 3.05) is 29.6 Å². The summed E-state index contributed by atoms with van der Waals surface area (Å²) < 4.78 is 5.29. The average Bonchev–Trinajstić information content (AvgIpc) is 2.61. The number of hydrogen-bond acceptors (Lipinski definition) is 4. The van der Waals surface area contributed by atoms with Gasteiger partial charge in [0, 0.05) is 22.9 Å². The SMILES string of the molecule is COc1ccc(Cl)cc1NC(=O)C(C)N1CCCc2c(N)cccc21.Cl. The second kappa shape index (κ2) is 8.52. The Labute approximate surface area is 164 Å². The topological polar surface area (TPSA) is 67.6 Å². The number of hydrogen-bond donors (Lipinski definition) is 2. The molecule has 0 saturated heterocycles. The molecule has 140 valence electrons. The van der Waals surface area contributed by atoms with Crippen LogP contribution in [-0.2, 0) is 11.2 Å².